The summed E-state index contributed by atoms with van der Waals surface area (Å²) in [6.45, 7) is 4.37. The molecule has 0 atom stereocenters. The van der Waals surface area contributed by atoms with Crippen molar-refractivity contribution in [3.8, 4) is 0 Å². The van der Waals surface area contributed by atoms with Crippen LogP contribution in [0, 0.1) is 0 Å². The Balaban J connectivity index is 2.24. The van der Waals surface area contributed by atoms with Crippen LogP contribution in [0.2, 0.25) is 5.02 Å². The Kier molecular flexibility index (Phi) is 2.98. The minimum atomic E-state index is -0.186. The summed E-state index contributed by atoms with van der Waals surface area (Å²) in [7, 11) is 0. The van der Waals surface area contributed by atoms with E-state index in [1.807, 2.05) is 42.6 Å². The van der Waals surface area contributed by atoms with Crippen LogP contribution in [0.4, 0.5) is 5.69 Å². The summed E-state index contributed by atoms with van der Waals surface area (Å²) < 4.78 is 0. The van der Waals surface area contributed by atoms with Gasteiger partial charge in [-0.25, -0.2) is 0 Å². The first kappa shape index (κ1) is 13.1. The molecule has 2 nitrogen and oxygen atoms in total. The number of hydrogen-bond acceptors (Lipinski definition) is 1. The van der Waals surface area contributed by atoms with Gasteiger partial charge in [-0.1, -0.05) is 43.6 Å². The predicted molar refractivity (Wildman–Crippen MR) is 86.3 cm³/mol. The van der Waals surface area contributed by atoms with E-state index in [1.54, 1.807) is 0 Å². The van der Waals surface area contributed by atoms with Gasteiger partial charge in [-0.15, -0.1) is 0 Å². The van der Waals surface area contributed by atoms with E-state index in [1.165, 1.54) is 5.56 Å². The number of nitrogens with two attached hydrogens (primary N) is 1. The molecule has 0 saturated heterocycles. The molecule has 0 unspecified atom stereocenters. The summed E-state index contributed by atoms with van der Waals surface area (Å²) in [5, 5.41) is 1.89. The molecule has 102 valence electrons. The molecule has 3 N–H and O–H groups in total. The van der Waals surface area contributed by atoms with Crippen LogP contribution in [-0.2, 0) is 5.41 Å². The van der Waals surface area contributed by atoms with Crippen LogP contribution in [0.25, 0.3) is 10.9 Å². The van der Waals surface area contributed by atoms with Crippen LogP contribution in [0.15, 0.2) is 48.7 Å². The van der Waals surface area contributed by atoms with Gasteiger partial charge in [0.25, 0.3) is 0 Å². The van der Waals surface area contributed by atoms with Crippen LogP contribution in [0.3, 0.4) is 0 Å². The molecule has 3 heteroatoms. The van der Waals surface area contributed by atoms with Crippen molar-refractivity contribution >= 4 is 28.2 Å². The van der Waals surface area contributed by atoms with Gasteiger partial charge in [0.1, 0.15) is 0 Å². The van der Waals surface area contributed by atoms with Gasteiger partial charge < -0.3 is 10.7 Å². The SMILES string of the molecule is CC(C)(c1ccccc1N)c1c[nH]c2ccc(Cl)cc12. The molecule has 1 aromatic heterocycles. The minimum Gasteiger partial charge on any atom is -0.398 e. The van der Waals surface area contributed by atoms with Crippen molar-refractivity contribution < 1.29 is 0 Å². The van der Waals surface area contributed by atoms with Crippen molar-refractivity contribution in [1.82, 2.24) is 4.98 Å². The third-order valence-corrected chi connectivity index (χ3v) is 4.19. The summed E-state index contributed by atoms with van der Waals surface area (Å²) in [5.41, 5.74) is 10.2. The van der Waals surface area contributed by atoms with E-state index in [0.717, 1.165) is 27.2 Å². The summed E-state index contributed by atoms with van der Waals surface area (Å²) in [6.07, 6.45) is 2.05. The van der Waals surface area contributed by atoms with Gasteiger partial charge >= 0.3 is 0 Å². The molecule has 0 aliphatic carbocycles. The molecule has 3 aromatic rings. The highest BCUT2D eigenvalue weighted by molar-refractivity contribution is 6.31. The zero-order chi connectivity index (χ0) is 14.3. The molecule has 0 spiro atoms. The summed E-state index contributed by atoms with van der Waals surface area (Å²) in [4.78, 5) is 3.31. The lowest BCUT2D eigenvalue weighted by Crippen LogP contribution is -2.20. The molecule has 2 aromatic carbocycles. The number of aromatic nitrogens is 1. The van der Waals surface area contributed by atoms with Gasteiger partial charge in [0.05, 0.1) is 0 Å². The summed E-state index contributed by atoms with van der Waals surface area (Å²) in [6, 6.07) is 13.9. The first-order valence-electron chi connectivity index (χ1n) is 6.62. The summed E-state index contributed by atoms with van der Waals surface area (Å²) in [5.74, 6) is 0. The lowest BCUT2D eigenvalue weighted by Gasteiger charge is -2.26. The average Bonchev–Trinajstić information content (AvgIpc) is 2.82. The number of aromatic amines is 1. The molecule has 0 amide bonds. The average molecular weight is 285 g/mol. The molecule has 1 heterocycles. The van der Waals surface area contributed by atoms with Crippen molar-refractivity contribution in [2.45, 2.75) is 19.3 Å². The van der Waals surface area contributed by atoms with Crippen molar-refractivity contribution in [2.24, 2.45) is 0 Å². The monoisotopic (exact) mass is 284 g/mol. The van der Waals surface area contributed by atoms with E-state index in [2.05, 4.69) is 24.9 Å². The number of halogens is 1. The number of benzene rings is 2. The Morgan fingerprint density at radius 2 is 1.80 bits per heavy atom. The van der Waals surface area contributed by atoms with Gasteiger partial charge in [0.2, 0.25) is 0 Å². The third-order valence-electron chi connectivity index (χ3n) is 3.95. The van der Waals surface area contributed by atoms with Gasteiger partial charge in [0, 0.05) is 33.2 Å². The molecular weight excluding hydrogens is 268 g/mol. The lowest BCUT2D eigenvalue weighted by atomic mass is 9.77. The summed E-state index contributed by atoms with van der Waals surface area (Å²) >= 11 is 6.14. The maximum atomic E-state index is 6.15. The Labute approximate surface area is 123 Å². The first-order chi connectivity index (χ1) is 9.50. The molecule has 0 saturated carbocycles. The van der Waals surface area contributed by atoms with Crippen molar-refractivity contribution in [3.05, 3.63) is 64.8 Å². The normalized spacial score (nSPS) is 11.9. The number of nitrogen functional groups attached to an aromatic ring is 1. The highest BCUT2D eigenvalue weighted by Gasteiger charge is 2.27. The van der Waals surface area contributed by atoms with Gasteiger partial charge in [-0.05, 0) is 35.4 Å². The molecule has 0 aliphatic heterocycles. The van der Waals surface area contributed by atoms with E-state index in [0.29, 0.717) is 0 Å². The minimum absolute atomic E-state index is 0.186. The maximum Gasteiger partial charge on any atom is 0.0458 e. The number of rotatable bonds is 2. The predicted octanol–water partition coefficient (Wildman–Crippen LogP) is 4.73. The van der Waals surface area contributed by atoms with Crippen molar-refractivity contribution in [1.29, 1.82) is 0 Å². The van der Waals surface area contributed by atoms with E-state index >= 15 is 0 Å². The fourth-order valence-corrected chi connectivity index (χ4v) is 2.99. The molecule has 0 aliphatic rings. The van der Waals surface area contributed by atoms with Crippen LogP contribution < -0.4 is 5.73 Å². The highest BCUT2D eigenvalue weighted by Crippen LogP contribution is 2.39. The second-order valence-corrected chi connectivity index (χ2v) is 6.04. The zero-order valence-corrected chi connectivity index (χ0v) is 12.3. The fourth-order valence-electron chi connectivity index (χ4n) is 2.82. The van der Waals surface area contributed by atoms with Crippen LogP contribution >= 0.6 is 11.6 Å². The lowest BCUT2D eigenvalue weighted by molar-refractivity contribution is 0.649. The maximum absolute atomic E-state index is 6.15. The number of hydrogen-bond donors (Lipinski definition) is 2. The Morgan fingerprint density at radius 1 is 1.05 bits per heavy atom. The number of anilines is 1. The van der Waals surface area contributed by atoms with E-state index < -0.39 is 0 Å². The van der Waals surface area contributed by atoms with Crippen LogP contribution in [0.5, 0.6) is 0 Å². The van der Waals surface area contributed by atoms with Crippen molar-refractivity contribution in [3.63, 3.8) is 0 Å². The standard InChI is InChI=1S/C17H17ClN2/c1-17(2,13-5-3-4-6-15(13)19)14-10-20-16-8-7-11(18)9-12(14)16/h3-10,20H,19H2,1-2H3. The molecule has 0 fully saturated rings. The smallest absolute Gasteiger partial charge is 0.0458 e. The van der Waals surface area contributed by atoms with Crippen LogP contribution in [-0.4, -0.2) is 4.98 Å². The first-order valence-corrected chi connectivity index (χ1v) is 7.00. The Morgan fingerprint density at radius 3 is 2.55 bits per heavy atom. The van der Waals surface area contributed by atoms with E-state index in [9.17, 15) is 0 Å². The number of H-pyrrole nitrogens is 1. The second-order valence-electron chi connectivity index (χ2n) is 5.60. The number of nitrogens with one attached hydrogen (secondary N) is 1. The van der Waals surface area contributed by atoms with Gasteiger partial charge in [0.15, 0.2) is 0 Å². The molecule has 3 rings (SSSR count). The van der Waals surface area contributed by atoms with Gasteiger partial charge in [-0.3, -0.25) is 0 Å². The molecule has 0 bridgehead atoms. The van der Waals surface area contributed by atoms with Crippen LogP contribution in [0.1, 0.15) is 25.0 Å². The zero-order valence-electron chi connectivity index (χ0n) is 11.6. The highest BCUT2D eigenvalue weighted by atomic mass is 35.5. The fraction of sp³-hybridized carbons (Fsp3) is 0.176. The van der Waals surface area contributed by atoms with Crippen molar-refractivity contribution in [2.75, 3.05) is 5.73 Å². The largest absolute Gasteiger partial charge is 0.398 e. The molecule has 0 radical (unpaired) electrons. The third kappa shape index (κ3) is 1.97. The second kappa shape index (κ2) is 4.57. The number of fused-ring (bicyclic) bond motifs is 1. The topological polar surface area (TPSA) is 41.8 Å². The van der Waals surface area contributed by atoms with E-state index in [-0.39, 0.29) is 5.41 Å². The molecule has 20 heavy (non-hydrogen) atoms. The Bertz CT molecular complexity index is 772. The Hall–Kier alpha value is -1.93. The number of para-hydroxylation sites is 1. The molecular formula is C17H17ClN2. The van der Waals surface area contributed by atoms with E-state index in [4.69, 9.17) is 17.3 Å². The quantitative estimate of drug-likeness (QED) is 0.656. The van der Waals surface area contributed by atoms with Gasteiger partial charge in [-0.2, -0.15) is 0 Å².